The maximum absolute atomic E-state index is 12.6. The van der Waals surface area contributed by atoms with Crippen molar-refractivity contribution in [3.05, 3.63) is 94.5 Å². The number of carbonyl (C=O) groups is 2. The average Bonchev–Trinajstić information content (AvgIpc) is 2.80. The van der Waals surface area contributed by atoms with Crippen LogP contribution in [0.2, 0.25) is 5.02 Å². The number of nitrogens with zero attached hydrogens (tertiary/aromatic N) is 1. The van der Waals surface area contributed by atoms with E-state index in [0.29, 0.717) is 16.5 Å². The molecule has 0 unspecified atom stereocenters. The van der Waals surface area contributed by atoms with Crippen molar-refractivity contribution in [1.82, 2.24) is 0 Å². The summed E-state index contributed by atoms with van der Waals surface area (Å²) in [5.74, 6) is -0.894. The summed E-state index contributed by atoms with van der Waals surface area (Å²) in [7, 11) is 0. The van der Waals surface area contributed by atoms with E-state index in [9.17, 15) is 14.7 Å². The first-order valence-electron chi connectivity index (χ1n) is 10.7. The monoisotopic (exact) mass is 448 g/mol. The third-order valence-corrected chi connectivity index (χ3v) is 6.28. The second-order valence-electron chi connectivity index (χ2n) is 8.09. The van der Waals surface area contributed by atoms with Gasteiger partial charge in [-0.1, -0.05) is 54.1 Å². The largest absolute Gasteiger partial charge is 0.478 e. The predicted octanol–water partition coefficient (Wildman–Crippen LogP) is 5.75. The van der Waals surface area contributed by atoms with Crippen molar-refractivity contribution in [2.75, 3.05) is 23.3 Å². The minimum Gasteiger partial charge on any atom is -0.478 e. The molecule has 0 atom stereocenters. The fraction of sp³-hybridized carbons (Fsp3) is 0.231. The zero-order chi connectivity index (χ0) is 22.5. The quantitative estimate of drug-likeness (QED) is 0.503. The molecule has 3 aromatic carbocycles. The van der Waals surface area contributed by atoms with Crippen molar-refractivity contribution in [3.63, 3.8) is 0 Å². The van der Waals surface area contributed by atoms with Crippen LogP contribution in [0.1, 0.15) is 39.1 Å². The van der Waals surface area contributed by atoms with Crippen LogP contribution < -0.4 is 10.2 Å². The van der Waals surface area contributed by atoms with E-state index in [0.717, 1.165) is 38.0 Å². The zero-order valence-electron chi connectivity index (χ0n) is 17.6. The molecule has 0 aromatic heterocycles. The Kier molecular flexibility index (Phi) is 6.76. The lowest BCUT2D eigenvalue weighted by Gasteiger charge is -2.34. The fourth-order valence-electron chi connectivity index (χ4n) is 4.19. The third kappa shape index (κ3) is 5.11. The Morgan fingerprint density at radius 1 is 0.938 bits per heavy atom. The van der Waals surface area contributed by atoms with Crippen LogP contribution in [0.15, 0.2) is 72.8 Å². The van der Waals surface area contributed by atoms with Crippen molar-refractivity contribution in [3.8, 4) is 0 Å². The van der Waals surface area contributed by atoms with Gasteiger partial charge in [0.05, 0.1) is 21.8 Å². The third-order valence-electron chi connectivity index (χ3n) is 5.95. The maximum Gasteiger partial charge on any atom is 0.337 e. The number of carbonyl (C=O) groups excluding carboxylic acids is 1. The van der Waals surface area contributed by atoms with Gasteiger partial charge in [0.25, 0.3) is 5.91 Å². The summed E-state index contributed by atoms with van der Waals surface area (Å²) < 4.78 is 0. The highest BCUT2D eigenvalue weighted by Crippen LogP contribution is 2.29. The molecule has 3 aromatic rings. The lowest BCUT2D eigenvalue weighted by Crippen LogP contribution is -2.34. The summed E-state index contributed by atoms with van der Waals surface area (Å²) in [6, 6.07) is 22.4. The molecular formula is C26H25ClN2O3. The number of amides is 1. The Bertz CT molecular complexity index is 1110. The van der Waals surface area contributed by atoms with Crippen molar-refractivity contribution in [2.24, 2.45) is 5.92 Å². The van der Waals surface area contributed by atoms with E-state index in [1.807, 2.05) is 12.1 Å². The van der Waals surface area contributed by atoms with Crippen LogP contribution in [0.5, 0.6) is 0 Å². The summed E-state index contributed by atoms with van der Waals surface area (Å²) in [5, 5.41) is 12.7. The summed E-state index contributed by atoms with van der Waals surface area (Å²) in [4.78, 5) is 26.7. The molecule has 0 aliphatic carbocycles. The van der Waals surface area contributed by atoms with Crippen LogP contribution in [-0.4, -0.2) is 30.1 Å². The van der Waals surface area contributed by atoms with Crippen LogP contribution in [0.3, 0.4) is 0 Å². The van der Waals surface area contributed by atoms with Gasteiger partial charge in [-0.2, -0.15) is 0 Å². The molecule has 1 aliphatic rings. The molecule has 2 N–H and O–H groups in total. The van der Waals surface area contributed by atoms with Gasteiger partial charge < -0.3 is 15.3 Å². The molecule has 32 heavy (non-hydrogen) atoms. The molecule has 0 bridgehead atoms. The molecule has 5 nitrogen and oxygen atoms in total. The summed E-state index contributed by atoms with van der Waals surface area (Å²) in [6.45, 7) is 1.75. The lowest BCUT2D eigenvalue weighted by atomic mass is 9.90. The number of rotatable bonds is 6. The molecule has 4 rings (SSSR count). The lowest BCUT2D eigenvalue weighted by molar-refractivity contribution is 0.0698. The normalized spacial score (nSPS) is 14.2. The number of anilines is 2. The highest BCUT2D eigenvalue weighted by Gasteiger charge is 2.22. The van der Waals surface area contributed by atoms with E-state index in [4.69, 9.17) is 11.6 Å². The number of carboxylic acids is 1. The molecule has 1 heterocycles. The fourth-order valence-corrected chi connectivity index (χ4v) is 4.41. The summed E-state index contributed by atoms with van der Waals surface area (Å²) >= 11 is 6.09. The SMILES string of the molecule is O=C(Nc1ccc(N2CCC(Cc3ccccc3)CC2)cc1C(=O)O)c1ccccc1Cl. The van der Waals surface area contributed by atoms with Crippen LogP contribution in [0, 0.1) is 5.92 Å². The Balaban J connectivity index is 1.45. The molecule has 0 saturated carbocycles. The number of carboxylic acid groups (broad SMARTS) is 1. The summed E-state index contributed by atoms with van der Waals surface area (Å²) in [6.07, 6.45) is 3.19. The van der Waals surface area contributed by atoms with Crippen LogP contribution in [-0.2, 0) is 6.42 Å². The standard InChI is InChI=1S/C26H25ClN2O3/c27-23-9-5-4-8-21(23)25(30)28-24-11-10-20(17-22(24)26(31)32)29-14-12-19(13-15-29)16-18-6-2-1-3-7-18/h1-11,17,19H,12-16H2,(H,28,30)(H,31,32). The smallest absolute Gasteiger partial charge is 0.337 e. The van der Waals surface area contributed by atoms with Gasteiger partial charge >= 0.3 is 5.97 Å². The van der Waals surface area contributed by atoms with Crippen molar-refractivity contribution >= 4 is 34.9 Å². The van der Waals surface area contributed by atoms with E-state index in [1.165, 1.54) is 5.56 Å². The maximum atomic E-state index is 12.6. The van der Waals surface area contributed by atoms with Gasteiger partial charge in [0.1, 0.15) is 0 Å². The van der Waals surface area contributed by atoms with E-state index in [2.05, 4.69) is 34.5 Å². The van der Waals surface area contributed by atoms with E-state index < -0.39 is 11.9 Å². The molecule has 0 spiro atoms. The van der Waals surface area contributed by atoms with E-state index in [-0.39, 0.29) is 11.3 Å². The number of benzene rings is 3. The zero-order valence-corrected chi connectivity index (χ0v) is 18.4. The molecular weight excluding hydrogens is 424 g/mol. The topological polar surface area (TPSA) is 69.6 Å². The van der Waals surface area contributed by atoms with Crippen molar-refractivity contribution in [2.45, 2.75) is 19.3 Å². The van der Waals surface area contributed by atoms with Crippen LogP contribution in [0.25, 0.3) is 0 Å². The van der Waals surface area contributed by atoms with Crippen molar-refractivity contribution < 1.29 is 14.7 Å². The number of hydrogen-bond acceptors (Lipinski definition) is 3. The van der Waals surface area contributed by atoms with Gasteiger partial charge in [-0.3, -0.25) is 4.79 Å². The van der Waals surface area contributed by atoms with Crippen molar-refractivity contribution in [1.29, 1.82) is 0 Å². The molecule has 1 saturated heterocycles. The minimum absolute atomic E-state index is 0.0642. The number of halogens is 1. The Labute approximate surface area is 192 Å². The van der Waals surface area contributed by atoms with E-state index in [1.54, 1.807) is 36.4 Å². The molecule has 1 amide bonds. The van der Waals surface area contributed by atoms with Gasteiger partial charge in [-0.15, -0.1) is 0 Å². The average molecular weight is 449 g/mol. The summed E-state index contributed by atoms with van der Waals surface area (Å²) in [5.41, 5.74) is 2.84. The first kappa shape index (κ1) is 21.9. The number of nitrogens with one attached hydrogen (secondary N) is 1. The van der Waals surface area contributed by atoms with Crippen LogP contribution in [0.4, 0.5) is 11.4 Å². The van der Waals surface area contributed by atoms with Gasteiger partial charge in [-0.25, -0.2) is 4.79 Å². The molecule has 1 fully saturated rings. The Hall–Kier alpha value is -3.31. The number of piperidine rings is 1. The minimum atomic E-state index is -1.08. The highest BCUT2D eigenvalue weighted by atomic mass is 35.5. The Morgan fingerprint density at radius 3 is 2.31 bits per heavy atom. The molecule has 6 heteroatoms. The van der Waals surface area contributed by atoms with Crippen LogP contribution >= 0.6 is 11.6 Å². The number of hydrogen-bond donors (Lipinski definition) is 2. The van der Waals surface area contributed by atoms with Gasteiger partial charge in [0.2, 0.25) is 0 Å². The van der Waals surface area contributed by atoms with Gasteiger partial charge in [0, 0.05) is 18.8 Å². The Morgan fingerprint density at radius 2 is 1.62 bits per heavy atom. The highest BCUT2D eigenvalue weighted by molar-refractivity contribution is 6.34. The second-order valence-corrected chi connectivity index (χ2v) is 8.50. The van der Waals surface area contributed by atoms with E-state index >= 15 is 0 Å². The first-order chi connectivity index (χ1) is 15.5. The molecule has 1 aliphatic heterocycles. The predicted molar refractivity (Wildman–Crippen MR) is 128 cm³/mol. The molecule has 0 radical (unpaired) electrons. The number of aromatic carboxylic acids is 1. The first-order valence-corrected chi connectivity index (χ1v) is 11.1. The second kappa shape index (κ2) is 9.88. The van der Waals surface area contributed by atoms with Gasteiger partial charge in [-0.05, 0) is 61.1 Å². The van der Waals surface area contributed by atoms with Gasteiger partial charge in [0.15, 0.2) is 0 Å². The molecule has 164 valence electrons.